The normalized spacial score (nSPS) is 11.0. The van der Waals surface area contributed by atoms with E-state index in [1.807, 2.05) is 62.5 Å². The second kappa shape index (κ2) is 13.1. The number of nitrogens with two attached hydrogens (primary N) is 1. The van der Waals surface area contributed by atoms with Crippen LogP contribution in [0.1, 0.15) is 30.4 Å². The van der Waals surface area contributed by atoms with E-state index in [-0.39, 0.29) is 27.7 Å². The van der Waals surface area contributed by atoms with Crippen LogP contribution in [0.15, 0.2) is 41.8 Å². The van der Waals surface area contributed by atoms with Gasteiger partial charge < -0.3 is 16.4 Å². The molecule has 0 unspecified atom stereocenters. The molecule has 3 heterocycles. The highest BCUT2D eigenvalue weighted by Crippen LogP contribution is 2.40. The van der Waals surface area contributed by atoms with E-state index in [4.69, 9.17) is 27.3 Å². The summed E-state index contributed by atoms with van der Waals surface area (Å²) in [6.07, 6.45) is 0. The topological polar surface area (TPSA) is 127 Å². The smallest absolute Gasteiger partial charge is 0.263 e. The molecular formula is C25H24Br2ClN5O3S2. The zero-order valence-corrected chi connectivity index (χ0v) is 26.2. The molecule has 0 saturated carbocycles. The summed E-state index contributed by atoms with van der Waals surface area (Å²) in [6, 6.07) is 11.3. The summed E-state index contributed by atoms with van der Waals surface area (Å²) in [5.41, 5.74) is 8.46. The van der Waals surface area contributed by atoms with Crippen LogP contribution in [0.3, 0.4) is 0 Å². The highest BCUT2D eigenvalue weighted by Gasteiger charge is 2.25. The van der Waals surface area contributed by atoms with E-state index < -0.39 is 5.54 Å². The van der Waals surface area contributed by atoms with Crippen molar-refractivity contribution in [1.82, 2.24) is 15.3 Å². The van der Waals surface area contributed by atoms with Gasteiger partial charge in [0, 0.05) is 16.8 Å². The number of halogens is 3. The van der Waals surface area contributed by atoms with E-state index in [9.17, 15) is 14.4 Å². The number of amides is 2. The average molecular weight is 702 g/mol. The van der Waals surface area contributed by atoms with Gasteiger partial charge >= 0.3 is 0 Å². The molecule has 200 valence electrons. The number of aromatic nitrogens is 2. The predicted molar refractivity (Wildman–Crippen MR) is 165 cm³/mol. The summed E-state index contributed by atoms with van der Waals surface area (Å²) in [4.78, 5) is 45.8. The lowest BCUT2D eigenvalue weighted by Crippen LogP contribution is -2.40. The summed E-state index contributed by atoms with van der Waals surface area (Å²) < 4.78 is 0. The van der Waals surface area contributed by atoms with Crippen molar-refractivity contribution in [3.63, 3.8) is 0 Å². The van der Waals surface area contributed by atoms with Gasteiger partial charge in [-0.05, 0) is 56.0 Å². The van der Waals surface area contributed by atoms with E-state index in [0.29, 0.717) is 38.0 Å². The Balaban J connectivity index is 0.000000732. The largest absolute Gasteiger partial charge is 0.397 e. The Bertz CT molecular complexity index is 1470. The lowest BCUT2D eigenvalue weighted by molar-refractivity contribution is -0.113. The number of rotatable bonds is 6. The molecule has 8 nitrogen and oxygen atoms in total. The van der Waals surface area contributed by atoms with Gasteiger partial charge in [-0.3, -0.25) is 14.4 Å². The van der Waals surface area contributed by atoms with E-state index >= 15 is 0 Å². The monoisotopic (exact) mass is 699 g/mol. The Kier molecular flexibility index (Phi) is 10.4. The fourth-order valence-electron chi connectivity index (χ4n) is 3.25. The van der Waals surface area contributed by atoms with Crippen molar-refractivity contribution in [3.05, 3.63) is 46.7 Å². The second-order valence-corrected chi connectivity index (χ2v) is 12.3. The van der Waals surface area contributed by atoms with Crippen molar-refractivity contribution in [2.75, 3.05) is 21.7 Å². The number of hydrogen-bond donors (Lipinski definition) is 3. The number of nitrogens with one attached hydrogen (secondary N) is 2. The van der Waals surface area contributed by atoms with Crippen molar-refractivity contribution in [3.8, 4) is 22.0 Å². The number of nitrogen functional groups attached to an aromatic ring is 1. The Hall–Kier alpha value is -2.38. The number of carbonyl (C=O) groups is 3. The highest BCUT2D eigenvalue weighted by molar-refractivity contribution is 9.09. The minimum Gasteiger partial charge on any atom is -0.397 e. The Morgan fingerprint density at radius 2 is 1.79 bits per heavy atom. The van der Waals surface area contributed by atoms with Crippen molar-refractivity contribution < 1.29 is 14.4 Å². The fraction of sp³-hybridized carbons (Fsp3) is 0.240. The van der Waals surface area contributed by atoms with Gasteiger partial charge in [0.05, 0.1) is 32.3 Å². The third-order valence-corrected chi connectivity index (χ3v) is 8.11. The molecule has 0 bridgehead atoms. The molecule has 3 aromatic heterocycles. The maximum absolute atomic E-state index is 12.9. The number of benzene rings is 1. The molecule has 0 aliphatic carbocycles. The molecule has 4 rings (SSSR count). The zero-order chi connectivity index (χ0) is 28.0. The molecule has 0 fully saturated rings. The maximum atomic E-state index is 12.9. The molecule has 0 aliphatic rings. The predicted octanol–water partition coefficient (Wildman–Crippen LogP) is 6.68. The third kappa shape index (κ3) is 7.82. The Morgan fingerprint density at radius 3 is 2.37 bits per heavy atom. The Morgan fingerprint density at radius 1 is 1.08 bits per heavy atom. The van der Waals surface area contributed by atoms with Crippen LogP contribution < -0.4 is 16.4 Å². The number of alkyl halides is 2. The van der Waals surface area contributed by atoms with Crippen LogP contribution in [-0.4, -0.2) is 43.2 Å². The first kappa shape index (κ1) is 30.2. The number of carbonyl (C=O) groups excluding carboxylic acids is 3. The van der Waals surface area contributed by atoms with Gasteiger partial charge in [-0.15, -0.1) is 22.7 Å². The van der Waals surface area contributed by atoms with Crippen LogP contribution >= 0.6 is 66.1 Å². The molecule has 4 aromatic rings. The second-order valence-electron chi connectivity index (χ2n) is 8.85. The van der Waals surface area contributed by atoms with Gasteiger partial charge in [0.1, 0.15) is 9.71 Å². The first-order valence-electron chi connectivity index (χ1n) is 11.1. The van der Waals surface area contributed by atoms with Crippen molar-refractivity contribution in [2.24, 2.45) is 0 Å². The first-order valence-corrected chi connectivity index (χ1v) is 15.4. The molecule has 4 N–H and O–H groups in total. The van der Waals surface area contributed by atoms with Crippen LogP contribution in [0.2, 0.25) is 0 Å². The van der Waals surface area contributed by atoms with Crippen molar-refractivity contribution >= 4 is 105 Å². The van der Waals surface area contributed by atoms with Gasteiger partial charge in [-0.25, -0.2) is 9.97 Å². The molecule has 0 radical (unpaired) electrons. The number of nitrogens with zero attached hydrogens (tertiary/aromatic N) is 2. The number of anilines is 2. The summed E-state index contributed by atoms with van der Waals surface area (Å²) in [5.74, 6) is 0.159. The number of hydrogen-bond acceptors (Lipinski definition) is 8. The molecule has 0 saturated heterocycles. The molecule has 13 heteroatoms. The van der Waals surface area contributed by atoms with Gasteiger partial charge in [0.15, 0.2) is 5.82 Å². The SMILES string of the molecule is CC(C)(C)NC(=O)c1sc2nc(-c3cccs3)nc(-c3cccc(NC(=O)CBr)c3)c2c1N.O=C(Cl)CBr. The summed E-state index contributed by atoms with van der Waals surface area (Å²) in [5, 5.41) is 8.48. The van der Waals surface area contributed by atoms with E-state index in [0.717, 1.165) is 10.4 Å². The number of fused-ring (bicyclic) bond motifs is 1. The highest BCUT2D eigenvalue weighted by atomic mass is 79.9. The van der Waals surface area contributed by atoms with Crippen molar-refractivity contribution in [2.45, 2.75) is 26.3 Å². The van der Waals surface area contributed by atoms with E-state index in [1.54, 1.807) is 0 Å². The van der Waals surface area contributed by atoms with Crippen LogP contribution in [0, 0.1) is 0 Å². The first-order chi connectivity index (χ1) is 17.9. The lowest BCUT2D eigenvalue weighted by Gasteiger charge is -2.20. The average Bonchev–Trinajstić information content (AvgIpc) is 3.51. The quantitative estimate of drug-likeness (QED) is 0.152. The lowest BCUT2D eigenvalue weighted by atomic mass is 10.1. The van der Waals surface area contributed by atoms with Crippen molar-refractivity contribution in [1.29, 1.82) is 0 Å². The molecule has 2 amide bonds. The Labute approximate surface area is 249 Å². The van der Waals surface area contributed by atoms with Gasteiger partial charge in [0.2, 0.25) is 11.1 Å². The van der Waals surface area contributed by atoms with Crippen LogP contribution in [0.4, 0.5) is 11.4 Å². The summed E-state index contributed by atoms with van der Waals surface area (Å²) in [7, 11) is 0. The van der Waals surface area contributed by atoms with Gasteiger partial charge in [-0.2, -0.15) is 0 Å². The van der Waals surface area contributed by atoms with Gasteiger partial charge in [0.25, 0.3) is 5.91 Å². The molecule has 0 spiro atoms. The molecule has 0 atom stereocenters. The number of thiophene rings is 2. The molecule has 1 aromatic carbocycles. The van der Waals surface area contributed by atoms with Crippen LogP contribution in [-0.2, 0) is 9.59 Å². The zero-order valence-electron chi connectivity index (χ0n) is 20.6. The van der Waals surface area contributed by atoms with E-state index in [2.05, 4.69) is 42.5 Å². The van der Waals surface area contributed by atoms with Gasteiger partial charge in [-0.1, -0.05) is 50.1 Å². The van der Waals surface area contributed by atoms with Crippen LogP contribution in [0.5, 0.6) is 0 Å². The molecule has 38 heavy (non-hydrogen) atoms. The minimum absolute atomic E-state index is 0.157. The van der Waals surface area contributed by atoms with E-state index in [1.165, 1.54) is 22.7 Å². The molecule has 0 aliphatic heterocycles. The molecular weight excluding hydrogens is 678 g/mol. The summed E-state index contributed by atoms with van der Waals surface area (Å²) in [6.45, 7) is 5.75. The van der Waals surface area contributed by atoms with Crippen LogP contribution in [0.25, 0.3) is 32.2 Å². The maximum Gasteiger partial charge on any atom is 0.263 e. The summed E-state index contributed by atoms with van der Waals surface area (Å²) >= 11 is 13.6. The third-order valence-electron chi connectivity index (χ3n) is 4.67. The standard InChI is InChI=1S/C23H22BrN5O2S2.C2H2BrClO/c1-23(2,3)29-21(31)19-17(25)16-18(12-6-4-7-13(10-12)26-15(30)11-24)27-20(28-22(16)33-19)14-8-5-9-32-14;3-1-2(4)5/h4-10H,11,25H2,1-3H3,(H,26,30)(H,29,31);1H2. The minimum atomic E-state index is -0.404. The fourth-order valence-corrected chi connectivity index (χ4v) is 5.04.